The van der Waals surface area contributed by atoms with Gasteiger partial charge in [-0.1, -0.05) is 11.6 Å². The number of nitrogens with one attached hydrogen (secondary N) is 2. The van der Waals surface area contributed by atoms with Crippen LogP contribution in [0.3, 0.4) is 0 Å². The van der Waals surface area contributed by atoms with Gasteiger partial charge in [0.2, 0.25) is 0 Å². The van der Waals surface area contributed by atoms with Gasteiger partial charge < -0.3 is 10.1 Å². The predicted octanol–water partition coefficient (Wildman–Crippen LogP) is 3.69. The lowest BCUT2D eigenvalue weighted by molar-refractivity contribution is -0.121. The van der Waals surface area contributed by atoms with Crippen molar-refractivity contribution < 1.29 is 9.53 Å². The number of anilines is 1. The molecule has 5 nitrogen and oxygen atoms in total. The number of hydrogen-bond acceptors (Lipinski definition) is 4. The van der Waals surface area contributed by atoms with Crippen molar-refractivity contribution in [1.29, 1.82) is 0 Å². The Balaban J connectivity index is 1.93. The molecule has 2 aromatic carbocycles. The van der Waals surface area contributed by atoms with E-state index in [-0.39, 0.29) is 5.91 Å². The summed E-state index contributed by atoms with van der Waals surface area (Å²) in [4.78, 5) is 12.1. The molecule has 126 valence electrons. The van der Waals surface area contributed by atoms with Crippen molar-refractivity contribution in [3.8, 4) is 5.75 Å². The summed E-state index contributed by atoms with van der Waals surface area (Å²) in [5.41, 5.74) is 5.01. The maximum atomic E-state index is 12.1. The Morgan fingerprint density at radius 2 is 1.75 bits per heavy atom. The van der Waals surface area contributed by atoms with Gasteiger partial charge in [0.05, 0.1) is 12.8 Å². The summed E-state index contributed by atoms with van der Waals surface area (Å²) in [6, 6.07) is 14.2. The molecule has 0 aliphatic rings. The molecule has 0 aliphatic carbocycles. The van der Waals surface area contributed by atoms with Crippen molar-refractivity contribution in [2.24, 2.45) is 5.10 Å². The number of hydrogen-bond donors (Lipinski definition) is 2. The number of carbonyl (C=O) groups excluding carboxylic acids is 1. The number of hydrazone groups is 1. The summed E-state index contributed by atoms with van der Waals surface area (Å²) < 4.78 is 5.12. The van der Waals surface area contributed by atoms with Crippen molar-refractivity contribution in [2.75, 3.05) is 12.4 Å². The van der Waals surface area contributed by atoms with Crippen molar-refractivity contribution in [3.63, 3.8) is 0 Å². The molecule has 0 spiro atoms. The molecule has 1 unspecified atom stereocenters. The second-order valence-corrected chi connectivity index (χ2v) is 5.71. The predicted molar refractivity (Wildman–Crippen MR) is 97.9 cm³/mol. The highest BCUT2D eigenvalue weighted by Gasteiger charge is 2.12. The Labute approximate surface area is 146 Å². The molecule has 0 aromatic heterocycles. The van der Waals surface area contributed by atoms with Crippen molar-refractivity contribution in [1.82, 2.24) is 5.43 Å². The molecule has 24 heavy (non-hydrogen) atoms. The highest BCUT2D eigenvalue weighted by molar-refractivity contribution is 6.30. The minimum atomic E-state index is -0.432. The Bertz CT molecular complexity index is 712. The number of methoxy groups -OCH3 is 1. The highest BCUT2D eigenvalue weighted by Crippen LogP contribution is 2.14. The van der Waals surface area contributed by atoms with Gasteiger partial charge >= 0.3 is 0 Å². The number of amides is 1. The fraction of sp³-hybridized carbons (Fsp3) is 0.222. The molecule has 2 rings (SSSR count). The first kappa shape index (κ1) is 17.8. The summed E-state index contributed by atoms with van der Waals surface area (Å²) in [5.74, 6) is 0.550. The molecule has 0 heterocycles. The van der Waals surface area contributed by atoms with E-state index in [1.54, 1.807) is 26.2 Å². The van der Waals surface area contributed by atoms with Gasteiger partial charge in [-0.3, -0.25) is 4.79 Å². The standard InChI is InChI=1S/C18H20ClN3O2/c1-12(14-4-10-17(24-3)11-5-14)21-22-18(23)13(2)20-16-8-6-15(19)7-9-16/h4-11,13,20H,1-3H3,(H,22,23). The van der Waals surface area contributed by atoms with Crippen LogP contribution in [0.2, 0.25) is 5.02 Å². The molecule has 0 aliphatic heterocycles. The Morgan fingerprint density at radius 1 is 1.12 bits per heavy atom. The van der Waals surface area contributed by atoms with Crippen LogP contribution >= 0.6 is 11.6 Å². The van der Waals surface area contributed by atoms with Crippen LogP contribution in [0.25, 0.3) is 0 Å². The van der Waals surface area contributed by atoms with Crippen LogP contribution in [-0.4, -0.2) is 24.8 Å². The summed E-state index contributed by atoms with van der Waals surface area (Å²) in [6.07, 6.45) is 0. The molecule has 0 saturated carbocycles. The Kier molecular flexibility index (Phi) is 6.21. The average Bonchev–Trinajstić information content (AvgIpc) is 2.61. The number of nitrogens with zero attached hydrogens (tertiary/aromatic N) is 1. The lowest BCUT2D eigenvalue weighted by atomic mass is 10.1. The minimum absolute atomic E-state index is 0.224. The van der Waals surface area contributed by atoms with E-state index in [4.69, 9.17) is 16.3 Å². The normalized spacial score (nSPS) is 12.4. The van der Waals surface area contributed by atoms with Gasteiger partial charge in [0, 0.05) is 10.7 Å². The van der Waals surface area contributed by atoms with E-state index in [2.05, 4.69) is 15.8 Å². The first-order chi connectivity index (χ1) is 11.5. The topological polar surface area (TPSA) is 62.7 Å². The van der Waals surface area contributed by atoms with Crippen molar-refractivity contribution in [2.45, 2.75) is 19.9 Å². The number of carbonyl (C=O) groups is 1. The smallest absolute Gasteiger partial charge is 0.262 e. The molecule has 2 aromatic rings. The van der Waals surface area contributed by atoms with E-state index >= 15 is 0 Å². The largest absolute Gasteiger partial charge is 0.497 e. The van der Waals surface area contributed by atoms with Gasteiger partial charge in [0.15, 0.2) is 0 Å². The van der Waals surface area contributed by atoms with Crippen LogP contribution in [0, 0.1) is 0 Å². The van der Waals surface area contributed by atoms with Gasteiger partial charge in [-0.2, -0.15) is 5.10 Å². The maximum Gasteiger partial charge on any atom is 0.262 e. The van der Waals surface area contributed by atoms with E-state index in [9.17, 15) is 4.79 Å². The van der Waals surface area contributed by atoms with Crippen molar-refractivity contribution >= 4 is 28.9 Å². The van der Waals surface area contributed by atoms with E-state index in [1.165, 1.54) is 0 Å². The minimum Gasteiger partial charge on any atom is -0.497 e. The second-order valence-electron chi connectivity index (χ2n) is 5.27. The number of rotatable bonds is 6. The van der Waals surface area contributed by atoms with E-state index < -0.39 is 6.04 Å². The zero-order valence-corrected chi connectivity index (χ0v) is 14.6. The lowest BCUT2D eigenvalue weighted by Crippen LogP contribution is -2.35. The monoisotopic (exact) mass is 345 g/mol. The zero-order valence-electron chi connectivity index (χ0n) is 13.8. The highest BCUT2D eigenvalue weighted by atomic mass is 35.5. The number of halogens is 1. The van der Waals surface area contributed by atoms with Crippen LogP contribution in [0.1, 0.15) is 19.4 Å². The van der Waals surface area contributed by atoms with Gasteiger partial charge in [-0.15, -0.1) is 0 Å². The van der Waals surface area contributed by atoms with Crippen LogP contribution in [-0.2, 0) is 4.79 Å². The molecule has 6 heteroatoms. The van der Waals surface area contributed by atoms with E-state index in [0.717, 1.165) is 17.0 Å². The molecule has 0 saturated heterocycles. The van der Waals surface area contributed by atoms with E-state index in [1.807, 2.05) is 43.3 Å². The molecule has 0 bridgehead atoms. The summed E-state index contributed by atoms with van der Waals surface area (Å²) in [7, 11) is 1.62. The van der Waals surface area contributed by atoms with Gasteiger partial charge in [-0.05, 0) is 67.9 Å². The van der Waals surface area contributed by atoms with Crippen LogP contribution in [0.15, 0.2) is 53.6 Å². The SMILES string of the molecule is COc1ccc(C(C)=NNC(=O)C(C)Nc2ccc(Cl)cc2)cc1. The zero-order chi connectivity index (χ0) is 17.5. The molecule has 2 N–H and O–H groups in total. The van der Waals surface area contributed by atoms with Crippen LogP contribution in [0.4, 0.5) is 5.69 Å². The lowest BCUT2D eigenvalue weighted by Gasteiger charge is -2.14. The maximum absolute atomic E-state index is 12.1. The molecular weight excluding hydrogens is 326 g/mol. The third-order valence-electron chi connectivity index (χ3n) is 3.46. The first-order valence-corrected chi connectivity index (χ1v) is 7.88. The van der Waals surface area contributed by atoms with E-state index in [0.29, 0.717) is 10.7 Å². The van der Waals surface area contributed by atoms with Gasteiger partial charge in [-0.25, -0.2) is 5.43 Å². The third-order valence-corrected chi connectivity index (χ3v) is 3.71. The fourth-order valence-electron chi connectivity index (χ4n) is 1.99. The molecule has 1 atom stereocenters. The molecule has 0 radical (unpaired) electrons. The van der Waals surface area contributed by atoms with Crippen LogP contribution < -0.4 is 15.5 Å². The second kappa shape index (κ2) is 8.36. The van der Waals surface area contributed by atoms with Crippen LogP contribution in [0.5, 0.6) is 5.75 Å². The average molecular weight is 346 g/mol. The first-order valence-electron chi connectivity index (χ1n) is 7.50. The summed E-state index contributed by atoms with van der Waals surface area (Å²) >= 11 is 5.84. The molecule has 0 fully saturated rings. The van der Waals surface area contributed by atoms with Crippen molar-refractivity contribution in [3.05, 3.63) is 59.1 Å². The summed E-state index contributed by atoms with van der Waals surface area (Å²) in [6.45, 7) is 3.60. The van der Waals surface area contributed by atoms with Gasteiger partial charge in [0.25, 0.3) is 5.91 Å². The Morgan fingerprint density at radius 3 is 2.33 bits per heavy atom. The molecular formula is C18H20ClN3O2. The Hall–Kier alpha value is -2.53. The number of benzene rings is 2. The fourth-order valence-corrected chi connectivity index (χ4v) is 2.12. The quantitative estimate of drug-likeness (QED) is 0.620. The third kappa shape index (κ3) is 4.99. The summed E-state index contributed by atoms with van der Waals surface area (Å²) in [5, 5.41) is 7.88. The van der Waals surface area contributed by atoms with Gasteiger partial charge in [0.1, 0.15) is 11.8 Å². The molecule has 1 amide bonds. The number of ether oxygens (including phenoxy) is 1.